The molecule has 3 atom stereocenters. The van der Waals surface area contributed by atoms with Crippen LogP contribution in [0, 0.1) is 5.92 Å². The summed E-state index contributed by atoms with van der Waals surface area (Å²) < 4.78 is 10.8. The van der Waals surface area contributed by atoms with Crippen molar-refractivity contribution in [2.45, 2.75) is 44.6 Å². The number of nitrogens with zero attached hydrogens (tertiary/aromatic N) is 1. The molecule has 1 aliphatic heterocycles. The molecule has 1 aromatic heterocycles. The number of rotatable bonds is 3. The molecule has 0 N–H and O–H groups in total. The van der Waals surface area contributed by atoms with E-state index in [9.17, 15) is 4.79 Å². The van der Waals surface area contributed by atoms with Crippen molar-refractivity contribution in [2.24, 2.45) is 5.92 Å². The van der Waals surface area contributed by atoms with Gasteiger partial charge in [-0.15, -0.1) is 0 Å². The molecule has 1 aliphatic carbocycles. The van der Waals surface area contributed by atoms with Crippen LogP contribution in [0.5, 0.6) is 5.75 Å². The average molecular weight is 339 g/mol. The zero-order chi connectivity index (χ0) is 17.6. The lowest BCUT2D eigenvalue weighted by Crippen LogP contribution is -2.60. The largest absolute Gasteiger partial charge is 0.497 e. The van der Waals surface area contributed by atoms with E-state index >= 15 is 0 Å². The summed E-state index contributed by atoms with van der Waals surface area (Å²) in [6.45, 7) is 5.35. The van der Waals surface area contributed by atoms with Crippen LogP contribution in [0.3, 0.4) is 0 Å². The molecule has 1 fully saturated rings. The van der Waals surface area contributed by atoms with Crippen molar-refractivity contribution in [3.8, 4) is 5.75 Å². The minimum Gasteiger partial charge on any atom is -0.497 e. The Bertz CT molecular complexity index is 782. The van der Waals surface area contributed by atoms with Crippen LogP contribution in [0.1, 0.15) is 48.4 Å². The lowest BCUT2D eigenvalue weighted by atomic mass is 9.56. The van der Waals surface area contributed by atoms with Gasteiger partial charge >= 0.3 is 0 Å². The number of benzene rings is 1. The molecule has 4 heteroatoms. The van der Waals surface area contributed by atoms with Crippen molar-refractivity contribution in [3.05, 3.63) is 53.5 Å². The third-order valence-electron chi connectivity index (χ3n) is 6.55. The number of likely N-dealkylation sites (tertiary alicyclic amines) is 1. The molecule has 2 bridgehead atoms. The van der Waals surface area contributed by atoms with E-state index in [1.165, 1.54) is 11.1 Å². The molecule has 0 saturated carbocycles. The Labute approximate surface area is 148 Å². The fraction of sp³-hybridized carbons (Fsp3) is 0.476. The first-order chi connectivity index (χ1) is 12.1. The molecule has 132 valence electrons. The van der Waals surface area contributed by atoms with Crippen molar-refractivity contribution in [2.75, 3.05) is 13.7 Å². The SMILES string of the molecule is CC[C@]12CCN(C(=O)c3ccco3)[C@H](Cc3ccc(OC)cc31)[C@@H]2C. The van der Waals surface area contributed by atoms with Crippen molar-refractivity contribution in [1.29, 1.82) is 0 Å². The van der Waals surface area contributed by atoms with E-state index in [0.717, 1.165) is 31.6 Å². The minimum absolute atomic E-state index is 0.0171. The van der Waals surface area contributed by atoms with Crippen LogP contribution >= 0.6 is 0 Å². The second-order valence-electron chi connectivity index (χ2n) is 7.32. The van der Waals surface area contributed by atoms with Gasteiger partial charge in [0.15, 0.2) is 5.76 Å². The number of piperidine rings is 1. The number of carbonyl (C=O) groups excluding carboxylic acids is 1. The number of methoxy groups -OCH3 is 1. The zero-order valence-corrected chi connectivity index (χ0v) is 15.1. The minimum atomic E-state index is 0.0171. The number of hydrogen-bond acceptors (Lipinski definition) is 3. The maximum Gasteiger partial charge on any atom is 0.289 e. The zero-order valence-electron chi connectivity index (χ0n) is 15.1. The molecule has 2 heterocycles. The van der Waals surface area contributed by atoms with E-state index in [4.69, 9.17) is 9.15 Å². The maximum atomic E-state index is 12.9. The molecular weight excluding hydrogens is 314 g/mol. The lowest BCUT2D eigenvalue weighted by Gasteiger charge is -2.55. The predicted molar refractivity (Wildman–Crippen MR) is 96.0 cm³/mol. The highest BCUT2D eigenvalue weighted by molar-refractivity contribution is 5.92. The molecule has 0 radical (unpaired) electrons. The first-order valence-electron chi connectivity index (χ1n) is 9.12. The molecule has 1 amide bonds. The number of ether oxygens (including phenoxy) is 1. The fourth-order valence-corrected chi connectivity index (χ4v) is 5.05. The Morgan fingerprint density at radius 1 is 1.40 bits per heavy atom. The normalized spacial score (nSPS) is 27.7. The van der Waals surface area contributed by atoms with Gasteiger partial charge < -0.3 is 14.1 Å². The Hall–Kier alpha value is -2.23. The van der Waals surface area contributed by atoms with Crippen LogP contribution in [0.4, 0.5) is 0 Å². The third-order valence-corrected chi connectivity index (χ3v) is 6.55. The smallest absolute Gasteiger partial charge is 0.289 e. The van der Waals surface area contributed by atoms with E-state index in [0.29, 0.717) is 11.7 Å². The monoisotopic (exact) mass is 339 g/mol. The molecular formula is C21H25NO3. The summed E-state index contributed by atoms with van der Waals surface area (Å²) in [6.07, 6.45) is 4.52. The van der Waals surface area contributed by atoms with Gasteiger partial charge in [-0.3, -0.25) is 4.79 Å². The first-order valence-corrected chi connectivity index (χ1v) is 9.12. The van der Waals surface area contributed by atoms with Gasteiger partial charge in [-0.05, 0) is 60.6 Å². The number of amides is 1. The summed E-state index contributed by atoms with van der Waals surface area (Å²) in [7, 11) is 1.72. The van der Waals surface area contributed by atoms with Crippen LogP contribution in [-0.4, -0.2) is 30.5 Å². The molecule has 2 aliphatic rings. The third kappa shape index (κ3) is 2.30. The van der Waals surface area contributed by atoms with Crippen LogP contribution in [-0.2, 0) is 11.8 Å². The van der Waals surface area contributed by atoms with E-state index in [1.807, 2.05) is 11.0 Å². The number of carbonyl (C=O) groups is 1. The standard InChI is InChI=1S/C21H25NO3/c1-4-21-9-10-22(20(23)19-6-5-11-25-19)18(14(21)2)12-15-7-8-16(24-3)13-17(15)21/h5-8,11,13-14,18H,4,9-10,12H2,1-3H3/t14-,18+,21+/m0/s1. The molecule has 4 rings (SSSR count). The highest BCUT2D eigenvalue weighted by Crippen LogP contribution is 2.51. The molecule has 1 aromatic carbocycles. The highest BCUT2D eigenvalue weighted by Gasteiger charge is 2.51. The van der Waals surface area contributed by atoms with Gasteiger partial charge in [-0.25, -0.2) is 0 Å². The second-order valence-corrected chi connectivity index (χ2v) is 7.32. The first kappa shape index (κ1) is 16.2. The van der Waals surface area contributed by atoms with Crippen molar-refractivity contribution in [1.82, 2.24) is 4.90 Å². The quantitative estimate of drug-likeness (QED) is 0.847. The molecule has 25 heavy (non-hydrogen) atoms. The fourth-order valence-electron chi connectivity index (χ4n) is 5.05. The van der Waals surface area contributed by atoms with E-state index in [1.54, 1.807) is 25.5 Å². The number of fused-ring (bicyclic) bond motifs is 4. The summed E-state index contributed by atoms with van der Waals surface area (Å²) in [5, 5.41) is 0. The summed E-state index contributed by atoms with van der Waals surface area (Å²) in [6, 6.07) is 10.2. The van der Waals surface area contributed by atoms with Gasteiger partial charge in [0.25, 0.3) is 5.91 Å². The Balaban J connectivity index is 1.76. The maximum absolute atomic E-state index is 12.9. The van der Waals surface area contributed by atoms with Gasteiger partial charge in [0.05, 0.1) is 13.4 Å². The van der Waals surface area contributed by atoms with Crippen LogP contribution < -0.4 is 4.74 Å². The van der Waals surface area contributed by atoms with Gasteiger partial charge in [0.1, 0.15) is 5.75 Å². The molecule has 0 unspecified atom stereocenters. The Kier molecular flexibility index (Phi) is 3.86. The molecule has 0 spiro atoms. The number of furan rings is 1. The van der Waals surface area contributed by atoms with E-state index < -0.39 is 0 Å². The Morgan fingerprint density at radius 2 is 2.24 bits per heavy atom. The van der Waals surface area contributed by atoms with Gasteiger partial charge in [-0.2, -0.15) is 0 Å². The van der Waals surface area contributed by atoms with Crippen molar-refractivity contribution in [3.63, 3.8) is 0 Å². The summed E-state index contributed by atoms with van der Waals surface area (Å²) in [4.78, 5) is 15.0. The van der Waals surface area contributed by atoms with Crippen LogP contribution in [0.15, 0.2) is 41.0 Å². The average Bonchev–Trinajstić information content (AvgIpc) is 3.16. The second kappa shape index (κ2) is 5.94. The number of hydrogen-bond donors (Lipinski definition) is 0. The molecule has 4 nitrogen and oxygen atoms in total. The summed E-state index contributed by atoms with van der Waals surface area (Å²) in [5.74, 6) is 1.79. The van der Waals surface area contributed by atoms with Gasteiger partial charge in [-0.1, -0.05) is 19.9 Å². The Morgan fingerprint density at radius 3 is 2.92 bits per heavy atom. The van der Waals surface area contributed by atoms with Gasteiger partial charge in [0.2, 0.25) is 0 Å². The van der Waals surface area contributed by atoms with E-state index in [2.05, 4.69) is 26.0 Å². The van der Waals surface area contributed by atoms with Crippen LogP contribution in [0.2, 0.25) is 0 Å². The van der Waals surface area contributed by atoms with Crippen molar-refractivity contribution >= 4 is 5.91 Å². The summed E-state index contributed by atoms with van der Waals surface area (Å²) >= 11 is 0. The van der Waals surface area contributed by atoms with E-state index in [-0.39, 0.29) is 17.4 Å². The molecule has 1 saturated heterocycles. The predicted octanol–water partition coefficient (Wildman–Crippen LogP) is 4.04. The summed E-state index contributed by atoms with van der Waals surface area (Å²) in [5.41, 5.74) is 2.89. The highest BCUT2D eigenvalue weighted by atomic mass is 16.5. The van der Waals surface area contributed by atoms with Crippen molar-refractivity contribution < 1.29 is 13.9 Å². The lowest BCUT2D eigenvalue weighted by molar-refractivity contribution is 0.0164. The topological polar surface area (TPSA) is 42.7 Å². The van der Waals surface area contributed by atoms with Crippen LogP contribution in [0.25, 0.3) is 0 Å². The molecule has 2 aromatic rings. The van der Waals surface area contributed by atoms with Gasteiger partial charge in [0, 0.05) is 18.0 Å².